The van der Waals surface area contributed by atoms with Gasteiger partial charge in [-0.1, -0.05) is 17.7 Å². The van der Waals surface area contributed by atoms with Crippen LogP contribution in [0.5, 0.6) is 0 Å². The van der Waals surface area contributed by atoms with Crippen molar-refractivity contribution in [1.82, 2.24) is 15.2 Å². The molecule has 0 radical (unpaired) electrons. The van der Waals surface area contributed by atoms with Crippen LogP contribution in [-0.4, -0.2) is 35.6 Å². The number of carbonyl (C=O) groups is 3. The van der Waals surface area contributed by atoms with E-state index in [2.05, 4.69) is 10.6 Å². The maximum atomic E-state index is 12.5. The van der Waals surface area contributed by atoms with Gasteiger partial charge in [0.15, 0.2) is 6.10 Å². The van der Waals surface area contributed by atoms with Crippen molar-refractivity contribution in [3.8, 4) is 5.69 Å². The van der Waals surface area contributed by atoms with Crippen LogP contribution in [0.25, 0.3) is 5.69 Å². The summed E-state index contributed by atoms with van der Waals surface area (Å²) in [5.41, 5.74) is 4.06. The molecule has 0 saturated heterocycles. The Balaban J connectivity index is 2.20. The second-order valence-corrected chi connectivity index (χ2v) is 6.07. The summed E-state index contributed by atoms with van der Waals surface area (Å²) >= 11 is 0. The summed E-state index contributed by atoms with van der Waals surface area (Å²) in [4.78, 5) is 35.5. The lowest BCUT2D eigenvalue weighted by atomic mass is 10.2. The number of ether oxygens (including phenoxy) is 1. The number of hydrogen-bond acceptors (Lipinski definition) is 4. The number of nitrogens with one attached hydrogen (secondary N) is 2. The van der Waals surface area contributed by atoms with Gasteiger partial charge >= 0.3 is 12.0 Å². The van der Waals surface area contributed by atoms with Crippen LogP contribution in [-0.2, 0) is 9.53 Å². The fourth-order valence-electron chi connectivity index (χ4n) is 2.61. The van der Waals surface area contributed by atoms with E-state index in [-0.39, 0.29) is 0 Å². The maximum Gasteiger partial charge on any atom is 0.340 e. The van der Waals surface area contributed by atoms with Gasteiger partial charge in [-0.3, -0.25) is 10.1 Å². The Hall–Kier alpha value is -3.09. The second kappa shape index (κ2) is 7.86. The van der Waals surface area contributed by atoms with Gasteiger partial charge in [-0.05, 0) is 45.9 Å². The monoisotopic (exact) mass is 357 g/mol. The van der Waals surface area contributed by atoms with E-state index < -0.39 is 24.0 Å². The summed E-state index contributed by atoms with van der Waals surface area (Å²) in [5, 5.41) is 4.34. The van der Waals surface area contributed by atoms with Crippen LogP contribution in [0.4, 0.5) is 4.79 Å². The van der Waals surface area contributed by atoms with Crippen LogP contribution in [0.2, 0.25) is 0 Å². The maximum absolute atomic E-state index is 12.5. The van der Waals surface area contributed by atoms with Gasteiger partial charge in [0.1, 0.15) is 0 Å². The number of esters is 1. The Labute approximate surface area is 152 Å². The van der Waals surface area contributed by atoms with E-state index in [0.717, 1.165) is 22.6 Å². The Morgan fingerprint density at radius 3 is 2.27 bits per heavy atom. The number of carbonyl (C=O) groups excluding carboxylic acids is 3. The molecule has 7 heteroatoms. The SMILES string of the molecule is CNC(=O)NC(=O)[C@H](C)OC(=O)c1cc(C)n(-c2ccc(C)cc2)c1C. The van der Waals surface area contributed by atoms with Crippen molar-refractivity contribution in [2.24, 2.45) is 0 Å². The number of aryl methyl sites for hydroxylation is 2. The first-order valence-corrected chi connectivity index (χ1v) is 8.24. The van der Waals surface area contributed by atoms with Crippen LogP contribution in [0.1, 0.15) is 34.2 Å². The highest BCUT2D eigenvalue weighted by atomic mass is 16.5. The van der Waals surface area contributed by atoms with Gasteiger partial charge in [0.05, 0.1) is 5.56 Å². The van der Waals surface area contributed by atoms with Gasteiger partial charge in [0.2, 0.25) is 0 Å². The molecule has 0 aliphatic heterocycles. The molecule has 1 atom stereocenters. The number of amides is 3. The number of benzene rings is 1. The minimum Gasteiger partial charge on any atom is -0.449 e. The predicted molar refractivity (Wildman–Crippen MR) is 97.5 cm³/mol. The molecule has 0 aliphatic rings. The van der Waals surface area contributed by atoms with Crippen LogP contribution < -0.4 is 10.6 Å². The summed E-state index contributed by atoms with van der Waals surface area (Å²) in [5.74, 6) is -1.30. The van der Waals surface area contributed by atoms with E-state index in [4.69, 9.17) is 4.74 Å². The number of aromatic nitrogens is 1. The van der Waals surface area contributed by atoms with Crippen molar-refractivity contribution in [3.05, 3.63) is 52.8 Å². The topological polar surface area (TPSA) is 89.4 Å². The zero-order chi connectivity index (χ0) is 19.4. The summed E-state index contributed by atoms with van der Waals surface area (Å²) in [6.07, 6.45) is -1.10. The van der Waals surface area contributed by atoms with Gasteiger partial charge in [0, 0.05) is 24.1 Å². The highest BCUT2D eigenvalue weighted by molar-refractivity contribution is 5.98. The normalized spacial score (nSPS) is 11.6. The number of urea groups is 1. The lowest BCUT2D eigenvalue weighted by Crippen LogP contribution is -2.43. The average Bonchev–Trinajstić information content (AvgIpc) is 2.90. The third-order valence-electron chi connectivity index (χ3n) is 4.06. The lowest BCUT2D eigenvalue weighted by molar-refractivity contribution is -0.127. The molecule has 7 nitrogen and oxygen atoms in total. The number of nitrogens with zero attached hydrogens (tertiary/aromatic N) is 1. The summed E-state index contributed by atoms with van der Waals surface area (Å²) < 4.78 is 7.15. The molecular weight excluding hydrogens is 334 g/mol. The highest BCUT2D eigenvalue weighted by Gasteiger charge is 2.23. The van der Waals surface area contributed by atoms with Gasteiger partial charge in [-0.25, -0.2) is 9.59 Å². The second-order valence-electron chi connectivity index (χ2n) is 6.07. The standard InChI is InChI=1S/C19H23N3O4/c1-11-6-8-15(9-7-11)22-12(2)10-16(13(22)3)18(24)26-14(4)17(23)21-19(25)20-5/h6-10,14H,1-5H3,(H2,20,21,23,25)/t14-/m0/s1. The summed E-state index contributed by atoms with van der Waals surface area (Å²) in [7, 11) is 1.39. The average molecular weight is 357 g/mol. The van der Waals surface area contributed by atoms with Crippen molar-refractivity contribution >= 4 is 17.9 Å². The lowest BCUT2D eigenvalue weighted by Gasteiger charge is -2.13. The Morgan fingerprint density at radius 2 is 1.69 bits per heavy atom. The highest BCUT2D eigenvalue weighted by Crippen LogP contribution is 2.22. The van der Waals surface area contributed by atoms with E-state index in [9.17, 15) is 14.4 Å². The number of imide groups is 1. The Kier molecular flexibility index (Phi) is 5.82. The zero-order valence-electron chi connectivity index (χ0n) is 15.5. The molecule has 0 aliphatic carbocycles. The van der Waals surface area contributed by atoms with Crippen molar-refractivity contribution in [3.63, 3.8) is 0 Å². The van der Waals surface area contributed by atoms with E-state index >= 15 is 0 Å². The van der Waals surface area contributed by atoms with Crippen LogP contribution in [0.3, 0.4) is 0 Å². The summed E-state index contributed by atoms with van der Waals surface area (Å²) in [6.45, 7) is 7.13. The van der Waals surface area contributed by atoms with E-state index in [0.29, 0.717) is 5.56 Å². The van der Waals surface area contributed by atoms with Crippen molar-refractivity contribution in [1.29, 1.82) is 0 Å². The quantitative estimate of drug-likeness (QED) is 0.822. The first-order valence-electron chi connectivity index (χ1n) is 8.24. The Bertz CT molecular complexity index is 837. The third kappa shape index (κ3) is 4.11. The molecule has 1 aromatic carbocycles. The van der Waals surface area contributed by atoms with E-state index in [1.165, 1.54) is 14.0 Å². The molecule has 2 rings (SSSR count). The fraction of sp³-hybridized carbons (Fsp3) is 0.316. The predicted octanol–water partition coefficient (Wildman–Crippen LogP) is 2.40. The molecule has 1 heterocycles. The zero-order valence-corrected chi connectivity index (χ0v) is 15.5. The van der Waals surface area contributed by atoms with E-state index in [1.54, 1.807) is 6.07 Å². The third-order valence-corrected chi connectivity index (χ3v) is 4.06. The Morgan fingerprint density at radius 1 is 1.08 bits per heavy atom. The fourth-order valence-corrected chi connectivity index (χ4v) is 2.61. The molecular formula is C19H23N3O4. The first-order chi connectivity index (χ1) is 12.2. The molecule has 2 aromatic rings. The molecule has 1 aromatic heterocycles. The van der Waals surface area contributed by atoms with Crippen molar-refractivity contribution in [2.75, 3.05) is 7.05 Å². The van der Waals surface area contributed by atoms with Gasteiger partial charge < -0.3 is 14.6 Å². The molecule has 26 heavy (non-hydrogen) atoms. The molecule has 0 spiro atoms. The van der Waals surface area contributed by atoms with Gasteiger partial charge in [0.25, 0.3) is 5.91 Å². The van der Waals surface area contributed by atoms with Crippen LogP contribution >= 0.6 is 0 Å². The van der Waals surface area contributed by atoms with Crippen molar-refractivity contribution < 1.29 is 19.1 Å². The molecule has 138 valence electrons. The van der Waals surface area contributed by atoms with Crippen molar-refractivity contribution in [2.45, 2.75) is 33.8 Å². The number of rotatable bonds is 4. The van der Waals surface area contributed by atoms with E-state index in [1.807, 2.05) is 49.6 Å². The number of hydrogen-bond donors (Lipinski definition) is 2. The molecule has 0 saturated carbocycles. The molecule has 2 N–H and O–H groups in total. The minimum atomic E-state index is -1.10. The molecule has 3 amide bonds. The van der Waals surface area contributed by atoms with Gasteiger partial charge in [-0.15, -0.1) is 0 Å². The molecule has 0 bridgehead atoms. The van der Waals surface area contributed by atoms with Gasteiger partial charge in [-0.2, -0.15) is 0 Å². The smallest absolute Gasteiger partial charge is 0.340 e. The molecule has 0 fully saturated rings. The summed E-state index contributed by atoms with van der Waals surface area (Å²) in [6, 6.07) is 9.01. The first kappa shape index (κ1) is 19.2. The largest absolute Gasteiger partial charge is 0.449 e. The van der Waals surface area contributed by atoms with Crippen LogP contribution in [0, 0.1) is 20.8 Å². The minimum absolute atomic E-state index is 0.377. The van der Waals surface area contributed by atoms with Crippen LogP contribution in [0.15, 0.2) is 30.3 Å². The molecule has 0 unspecified atom stereocenters.